The smallest absolute Gasteiger partial charge is 0.462 e. The van der Waals surface area contributed by atoms with E-state index < -0.39 is 26.5 Å². The molecule has 0 aromatic rings. The average molecular weight is 1080 g/mol. The lowest BCUT2D eigenvalue weighted by atomic mass is 10.0. The van der Waals surface area contributed by atoms with Gasteiger partial charge in [-0.05, 0) is 77.0 Å². The van der Waals surface area contributed by atoms with Crippen LogP contribution in [0.3, 0.4) is 0 Å². The SMILES string of the molecule is CCCCCCC/C=C\C/C=C\CCCCCCCCCCCCCCCCCCCCCC(=O)OC(COC(=O)CCCCCCCCCCCCC/C=C\C/C=C\CCCCCCC)COP(=O)(O)OCCN. The molecule has 0 amide bonds. The van der Waals surface area contributed by atoms with Gasteiger partial charge in [0.1, 0.15) is 6.61 Å². The fourth-order valence-electron chi connectivity index (χ4n) is 9.41. The van der Waals surface area contributed by atoms with Gasteiger partial charge in [-0.25, -0.2) is 4.57 Å². The molecule has 0 spiro atoms. The Morgan fingerprint density at radius 2 is 0.693 bits per heavy atom. The molecule has 0 heterocycles. The predicted octanol–water partition coefficient (Wildman–Crippen LogP) is 20.5. The number of nitrogens with two attached hydrogens (primary N) is 1. The topological polar surface area (TPSA) is 134 Å². The number of hydrogen-bond donors (Lipinski definition) is 2. The molecule has 0 aliphatic carbocycles. The second kappa shape index (κ2) is 61.2. The summed E-state index contributed by atoms with van der Waals surface area (Å²) < 4.78 is 33.1. The standard InChI is InChI=1S/C65H122NO8P/c1-3-5-7-9-11-13-15-17-19-21-23-25-27-28-29-30-31-32-33-34-36-38-40-42-44-46-48-50-52-54-56-58-65(68)74-63(62-73-75(69,70)72-60-59-66)61-71-64(67)57-55-53-51-49-47-45-43-41-39-37-35-26-24-22-20-18-16-14-12-10-8-6-4-2/h15-18,21-24,63H,3-14,19-20,25-62,66H2,1-2H3,(H,69,70)/b17-15-,18-16-,23-21-,24-22-. The first kappa shape index (κ1) is 73.0. The maximum atomic E-state index is 12.7. The van der Waals surface area contributed by atoms with Gasteiger partial charge in [0.25, 0.3) is 0 Å². The molecule has 0 rings (SSSR count). The van der Waals surface area contributed by atoms with Gasteiger partial charge < -0.3 is 20.1 Å². The fourth-order valence-corrected chi connectivity index (χ4v) is 10.2. The third-order valence-electron chi connectivity index (χ3n) is 14.2. The quantitative estimate of drug-likeness (QED) is 0.0264. The molecule has 0 aromatic heterocycles. The van der Waals surface area contributed by atoms with Gasteiger partial charge in [0, 0.05) is 19.4 Å². The molecule has 75 heavy (non-hydrogen) atoms. The van der Waals surface area contributed by atoms with Crippen LogP contribution in [0.1, 0.15) is 322 Å². The number of hydrogen-bond acceptors (Lipinski definition) is 8. The van der Waals surface area contributed by atoms with Crippen LogP contribution >= 0.6 is 7.82 Å². The number of ether oxygens (including phenoxy) is 2. The van der Waals surface area contributed by atoms with E-state index in [0.717, 1.165) is 44.9 Å². The summed E-state index contributed by atoms with van der Waals surface area (Å²) in [4.78, 5) is 35.3. The highest BCUT2D eigenvalue weighted by molar-refractivity contribution is 7.47. The van der Waals surface area contributed by atoms with Gasteiger partial charge >= 0.3 is 19.8 Å². The number of rotatable bonds is 61. The molecule has 440 valence electrons. The summed E-state index contributed by atoms with van der Waals surface area (Å²) >= 11 is 0. The Morgan fingerprint density at radius 3 is 1.01 bits per heavy atom. The lowest BCUT2D eigenvalue weighted by Crippen LogP contribution is -2.29. The Hall–Kier alpha value is -2.03. The zero-order valence-electron chi connectivity index (χ0n) is 49.3. The Bertz CT molecular complexity index is 1370. The maximum Gasteiger partial charge on any atom is 0.472 e. The molecule has 2 atom stereocenters. The monoisotopic (exact) mass is 1080 g/mol. The molecular weight excluding hydrogens is 954 g/mol. The highest BCUT2D eigenvalue weighted by atomic mass is 31.2. The van der Waals surface area contributed by atoms with Gasteiger partial charge in [0.05, 0.1) is 13.2 Å². The molecule has 2 unspecified atom stereocenters. The van der Waals surface area contributed by atoms with Crippen molar-refractivity contribution < 1.29 is 37.6 Å². The van der Waals surface area contributed by atoms with Crippen molar-refractivity contribution in [2.24, 2.45) is 5.73 Å². The second-order valence-electron chi connectivity index (χ2n) is 21.6. The van der Waals surface area contributed by atoms with Crippen LogP contribution in [0.5, 0.6) is 0 Å². The summed E-state index contributed by atoms with van der Waals surface area (Å²) in [6.45, 7) is 3.77. The van der Waals surface area contributed by atoms with E-state index in [1.165, 1.54) is 244 Å². The molecular formula is C65H122NO8P. The normalized spacial score (nSPS) is 13.3. The zero-order valence-corrected chi connectivity index (χ0v) is 50.2. The lowest BCUT2D eigenvalue weighted by Gasteiger charge is -2.19. The Balaban J connectivity index is 3.88. The van der Waals surface area contributed by atoms with E-state index >= 15 is 0 Å². The van der Waals surface area contributed by atoms with Crippen LogP contribution in [0, 0.1) is 0 Å². The average Bonchev–Trinajstić information content (AvgIpc) is 3.40. The summed E-state index contributed by atoms with van der Waals surface area (Å²) in [5, 5.41) is 0. The van der Waals surface area contributed by atoms with E-state index in [2.05, 4.69) is 62.5 Å². The number of esters is 2. The van der Waals surface area contributed by atoms with Crippen LogP contribution in [-0.4, -0.2) is 49.3 Å². The zero-order chi connectivity index (χ0) is 54.5. The van der Waals surface area contributed by atoms with Crippen molar-refractivity contribution in [1.29, 1.82) is 0 Å². The molecule has 0 aliphatic rings. The first-order chi connectivity index (χ1) is 36.8. The van der Waals surface area contributed by atoms with Crippen LogP contribution in [0.15, 0.2) is 48.6 Å². The predicted molar refractivity (Wildman–Crippen MR) is 321 cm³/mol. The number of allylic oxidation sites excluding steroid dienone is 8. The van der Waals surface area contributed by atoms with Gasteiger partial charge in [-0.2, -0.15) is 0 Å². The molecule has 9 nitrogen and oxygen atoms in total. The van der Waals surface area contributed by atoms with Gasteiger partial charge in [-0.1, -0.05) is 281 Å². The summed E-state index contributed by atoms with van der Waals surface area (Å²) in [7, 11) is -4.39. The minimum Gasteiger partial charge on any atom is -0.462 e. The summed E-state index contributed by atoms with van der Waals surface area (Å²) in [5.74, 6) is -0.815. The van der Waals surface area contributed by atoms with E-state index in [4.69, 9.17) is 24.3 Å². The molecule has 10 heteroatoms. The van der Waals surface area contributed by atoms with Crippen LogP contribution in [0.25, 0.3) is 0 Å². The third-order valence-corrected chi connectivity index (χ3v) is 15.2. The summed E-state index contributed by atoms with van der Waals surface area (Å²) in [6, 6.07) is 0. The van der Waals surface area contributed by atoms with Crippen molar-refractivity contribution >= 4 is 19.8 Å². The van der Waals surface area contributed by atoms with Crippen molar-refractivity contribution in [3.8, 4) is 0 Å². The first-order valence-corrected chi connectivity index (χ1v) is 33.6. The summed E-state index contributed by atoms with van der Waals surface area (Å²) in [5.41, 5.74) is 5.39. The van der Waals surface area contributed by atoms with E-state index in [-0.39, 0.29) is 38.6 Å². The van der Waals surface area contributed by atoms with Crippen LogP contribution in [0.4, 0.5) is 0 Å². The summed E-state index contributed by atoms with van der Waals surface area (Å²) in [6.07, 6.45) is 76.1. The van der Waals surface area contributed by atoms with Gasteiger partial charge in [0.15, 0.2) is 6.10 Å². The second-order valence-corrected chi connectivity index (χ2v) is 23.1. The molecule has 0 saturated heterocycles. The van der Waals surface area contributed by atoms with E-state index in [9.17, 15) is 19.0 Å². The van der Waals surface area contributed by atoms with E-state index in [0.29, 0.717) is 6.42 Å². The Kier molecular flexibility index (Phi) is 59.5. The Labute approximate surface area is 464 Å². The molecule has 0 bridgehead atoms. The van der Waals surface area contributed by atoms with Crippen LogP contribution in [0.2, 0.25) is 0 Å². The molecule has 0 fully saturated rings. The number of phosphoric acid groups is 1. The van der Waals surface area contributed by atoms with E-state index in [1.54, 1.807) is 0 Å². The minimum atomic E-state index is -4.39. The Morgan fingerprint density at radius 1 is 0.400 bits per heavy atom. The molecule has 3 N–H and O–H groups in total. The van der Waals surface area contributed by atoms with E-state index in [1.807, 2.05) is 0 Å². The third kappa shape index (κ3) is 61.1. The van der Waals surface area contributed by atoms with Crippen molar-refractivity contribution in [1.82, 2.24) is 0 Å². The van der Waals surface area contributed by atoms with Crippen LogP contribution in [-0.2, 0) is 32.7 Å². The first-order valence-electron chi connectivity index (χ1n) is 32.1. The van der Waals surface area contributed by atoms with Crippen molar-refractivity contribution in [3.63, 3.8) is 0 Å². The molecule has 0 saturated carbocycles. The van der Waals surface area contributed by atoms with Gasteiger partial charge in [0.2, 0.25) is 0 Å². The van der Waals surface area contributed by atoms with Crippen molar-refractivity contribution in [3.05, 3.63) is 48.6 Å². The molecule has 0 aromatic carbocycles. The largest absolute Gasteiger partial charge is 0.472 e. The van der Waals surface area contributed by atoms with Crippen molar-refractivity contribution in [2.75, 3.05) is 26.4 Å². The van der Waals surface area contributed by atoms with Gasteiger partial charge in [-0.15, -0.1) is 0 Å². The highest BCUT2D eigenvalue weighted by Crippen LogP contribution is 2.43. The number of carbonyl (C=O) groups is 2. The molecule has 0 radical (unpaired) electrons. The maximum absolute atomic E-state index is 12.7. The van der Waals surface area contributed by atoms with Crippen molar-refractivity contribution in [2.45, 2.75) is 328 Å². The number of carbonyl (C=O) groups excluding carboxylic acids is 2. The number of phosphoric ester groups is 1. The minimum absolute atomic E-state index is 0.0539. The van der Waals surface area contributed by atoms with Crippen LogP contribution < -0.4 is 5.73 Å². The van der Waals surface area contributed by atoms with Gasteiger partial charge in [-0.3, -0.25) is 18.6 Å². The lowest BCUT2D eigenvalue weighted by molar-refractivity contribution is -0.161. The fraction of sp³-hybridized carbons (Fsp3) is 0.846. The number of unbranched alkanes of at least 4 members (excludes halogenated alkanes) is 40. The molecule has 0 aliphatic heterocycles. The highest BCUT2D eigenvalue weighted by Gasteiger charge is 2.26.